The molecule has 0 aliphatic carbocycles. The Hall–Kier alpha value is -2.60. The van der Waals surface area contributed by atoms with Crippen LogP contribution in [0.1, 0.15) is 49.9 Å². The average Bonchev–Trinajstić information content (AvgIpc) is 2.75. The van der Waals surface area contributed by atoms with E-state index in [0.29, 0.717) is 10.7 Å². The van der Waals surface area contributed by atoms with Crippen LogP contribution in [-0.2, 0) is 0 Å². The number of para-hydroxylation sites is 2. The van der Waals surface area contributed by atoms with E-state index < -0.39 is 0 Å². The lowest BCUT2D eigenvalue weighted by atomic mass is 10.1. The molecule has 2 aromatic carbocycles. The fourth-order valence-corrected chi connectivity index (χ4v) is 3.52. The molecule has 5 nitrogen and oxygen atoms in total. The molecule has 154 valence electrons. The fourth-order valence-electron chi connectivity index (χ4n) is 3.32. The van der Waals surface area contributed by atoms with E-state index in [1.54, 1.807) is 12.1 Å². The second kappa shape index (κ2) is 10.3. The number of benzene rings is 2. The smallest absolute Gasteiger partial charge is 0.257 e. The maximum absolute atomic E-state index is 12.5. The van der Waals surface area contributed by atoms with Crippen molar-refractivity contribution in [1.29, 1.82) is 0 Å². The second-order valence-electron chi connectivity index (χ2n) is 7.33. The first-order valence-corrected chi connectivity index (χ1v) is 10.7. The fraction of sp³-hybridized carbons (Fsp3) is 0.391. The first kappa shape index (κ1) is 21.1. The summed E-state index contributed by atoms with van der Waals surface area (Å²) < 4.78 is 5.75. The van der Waals surface area contributed by atoms with Crippen molar-refractivity contribution in [3.05, 3.63) is 54.1 Å². The van der Waals surface area contributed by atoms with Crippen LogP contribution >= 0.6 is 12.2 Å². The highest BCUT2D eigenvalue weighted by Crippen LogP contribution is 2.28. The van der Waals surface area contributed by atoms with E-state index >= 15 is 0 Å². The van der Waals surface area contributed by atoms with Gasteiger partial charge in [0.05, 0.1) is 17.5 Å². The number of hydrogen-bond acceptors (Lipinski definition) is 4. The maximum Gasteiger partial charge on any atom is 0.257 e. The summed E-state index contributed by atoms with van der Waals surface area (Å²) in [5.41, 5.74) is 2.57. The largest absolute Gasteiger partial charge is 0.491 e. The van der Waals surface area contributed by atoms with Crippen molar-refractivity contribution in [3.63, 3.8) is 0 Å². The topological polar surface area (TPSA) is 53.6 Å². The summed E-state index contributed by atoms with van der Waals surface area (Å²) in [5.74, 6) is 0.514. The molecule has 3 rings (SSSR count). The van der Waals surface area contributed by atoms with E-state index in [1.165, 1.54) is 19.3 Å². The molecule has 0 bridgehead atoms. The number of carbonyl (C=O) groups is 1. The zero-order valence-electron chi connectivity index (χ0n) is 17.1. The van der Waals surface area contributed by atoms with E-state index in [1.807, 2.05) is 37.3 Å². The van der Waals surface area contributed by atoms with E-state index in [9.17, 15) is 4.79 Å². The molecule has 0 spiro atoms. The molecule has 1 unspecified atom stereocenters. The van der Waals surface area contributed by atoms with Crippen LogP contribution in [0.15, 0.2) is 48.5 Å². The molecule has 6 heteroatoms. The number of nitrogens with zero attached hydrogens (tertiary/aromatic N) is 1. The van der Waals surface area contributed by atoms with E-state index in [4.69, 9.17) is 17.0 Å². The van der Waals surface area contributed by atoms with Gasteiger partial charge < -0.3 is 15.0 Å². The van der Waals surface area contributed by atoms with Crippen molar-refractivity contribution < 1.29 is 9.53 Å². The Balaban J connectivity index is 1.60. The van der Waals surface area contributed by atoms with Gasteiger partial charge in [-0.05, 0) is 81.2 Å². The molecular formula is C23H29N3O2S. The van der Waals surface area contributed by atoms with E-state index in [2.05, 4.69) is 28.5 Å². The first-order chi connectivity index (χ1) is 14.1. The number of rotatable bonds is 6. The minimum atomic E-state index is -0.243. The maximum atomic E-state index is 12.5. The van der Waals surface area contributed by atoms with Gasteiger partial charge in [0, 0.05) is 18.7 Å². The molecule has 0 radical (unpaired) electrons. The molecule has 1 aliphatic heterocycles. The summed E-state index contributed by atoms with van der Waals surface area (Å²) in [6.45, 7) is 6.18. The van der Waals surface area contributed by atoms with Crippen LogP contribution in [0.5, 0.6) is 5.75 Å². The summed E-state index contributed by atoms with van der Waals surface area (Å²) >= 11 is 5.39. The third kappa shape index (κ3) is 5.94. The number of ether oxygens (including phenoxy) is 1. The Bertz CT molecular complexity index is 832. The number of carbonyl (C=O) groups excluding carboxylic acids is 1. The molecule has 1 aliphatic rings. The zero-order valence-corrected chi connectivity index (χ0v) is 17.9. The van der Waals surface area contributed by atoms with Crippen molar-refractivity contribution in [2.24, 2.45) is 0 Å². The molecular weight excluding hydrogens is 382 g/mol. The molecule has 1 heterocycles. The van der Waals surface area contributed by atoms with Gasteiger partial charge in [-0.15, -0.1) is 0 Å². The molecule has 1 atom stereocenters. The van der Waals surface area contributed by atoms with Crippen LogP contribution in [-0.4, -0.2) is 30.2 Å². The third-order valence-corrected chi connectivity index (χ3v) is 5.31. The zero-order chi connectivity index (χ0) is 20.6. The summed E-state index contributed by atoms with van der Waals surface area (Å²) in [5, 5.41) is 6.25. The monoisotopic (exact) mass is 411 g/mol. The molecule has 1 saturated heterocycles. The van der Waals surface area contributed by atoms with Gasteiger partial charge in [-0.25, -0.2) is 0 Å². The molecule has 0 aromatic heterocycles. The molecule has 1 fully saturated rings. The standard InChI is InChI=1S/C23H29N3O2S/c1-3-17(2)28-19-13-11-18(12-14-19)22(27)25-23(29)24-20-9-5-6-10-21(20)26-15-7-4-8-16-26/h5-6,9-14,17H,3-4,7-8,15-16H2,1-2H3,(H2,24,25,27,29). The predicted octanol–water partition coefficient (Wildman–Crippen LogP) is 4.98. The van der Waals surface area contributed by atoms with Crippen LogP contribution in [0, 0.1) is 0 Å². The Morgan fingerprint density at radius 3 is 2.48 bits per heavy atom. The Morgan fingerprint density at radius 2 is 1.79 bits per heavy atom. The van der Waals surface area contributed by atoms with Crippen molar-refractivity contribution in [3.8, 4) is 5.75 Å². The highest BCUT2D eigenvalue weighted by Gasteiger charge is 2.15. The van der Waals surface area contributed by atoms with Crippen LogP contribution in [0.3, 0.4) is 0 Å². The van der Waals surface area contributed by atoms with Gasteiger partial charge in [-0.3, -0.25) is 10.1 Å². The average molecular weight is 412 g/mol. The van der Waals surface area contributed by atoms with Gasteiger partial charge in [0.25, 0.3) is 5.91 Å². The highest BCUT2D eigenvalue weighted by molar-refractivity contribution is 7.80. The number of thiocarbonyl (C=S) groups is 1. The lowest BCUT2D eigenvalue weighted by Crippen LogP contribution is -2.35. The summed E-state index contributed by atoms with van der Waals surface area (Å²) in [6.07, 6.45) is 4.76. The van der Waals surface area contributed by atoms with Crippen LogP contribution in [0.4, 0.5) is 11.4 Å². The van der Waals surface area contributed by atoms with Crippen LogP contribution in [0.2, 0.25) is 0 Å². The molecule has 0 saturated carbocycles. The second-order valence-corrected chi connectivity index (χ2v) is 7.74. The van der Waals surface area contributed by atoms with Crippen molar-refractivity contribution in [2.45, 2.75) is 45.6 Å². The lowest BCUT2D eigenvalue weighted by molar-refractivity contribution is 0.0977. The van der Waals surface area contributed by atoms with Crippen molar-refractivity contribution in [2.75, 3.05) is 23.3 Å². The highest BCUT2D eigenvalue weighted by atomic mass is 32.1. The summed E-state index contributed by atoms with van der Waals surface area (Å²) in [7, 11) is 0. The van der Waals surface area contributed by atoms with E-state index in [-0.39, 0.29) is 12.0 Å². The van der Waals surface area contributed by atoms with Gasteiger partial charge in [-0.2, -0.15) is 0 Å². The SMILES string of the molecule is CCC(C)Oc1ccc(C(=O)NC(=S)Nc2ccccc2N2CCCCC2)cc1. The first-order valence-electron chi connectivity index (χ1n) is 10.3. The van der Waals surface area contributed by atoms with Crippen LogP contribution in [0.25, 0.3) is 0 Å². The molecule has 1 amide bonds. The number of nitrogens with one attached hydrogen (secondary N) is 2. The van der Waals surface area contributed by atoms with Crippen molar-refractivity contribution >= 4 is 34.6 Å². The predicted molar refractivity (Wildman–Crippen MR) is 123 cm³/mol. The molecule has 2 N–H and O–H groups in total. The normalized spacial score (nSPS) is 14.8. The number of amides is 1. The minimum absolute atomic E-state index is 0.145. The van der Waals surface area contributed by atoms with E-state index in [0.717, 1.165) is 36.6 Å². The molecule has 2 aromatic rings. The lowest BCUT2D eigenvalue weighted by Gasteiger charge is -2.30. The van der Waals surface area contributed by atoms with Gasteiger partial charge in [0.1, 0.15) is 5.75 Å². The van der Waals surface area contributed by atoms with Crippen LogP contribution < -0.4 is 20.3 Å². The van der Waals surface area contributed by atoms with Crippen molar-refractivity contribution in [1.82, 2.24) is 5.32 Å². The number of piperidine rings is 1. The number of anilines is 2. The van der Waals surface area contributed by atoms with Gasteiger partial charge in [0.15, 0.2) is 5.11 Å². The minimum Gasteiger partial charge on any atom is -0.491 e. The Kier molecular flexibility index (Phi) is 7.47. The Labute approximate surface area is 178 Å². The summed E-state index contributed by atoms with van der Waals surface area (Å²) in [6, 6.07) is 15.2. The molecule has 29 heavy (non-hydrogen) atoms. The quantitative estimate of drug-likeness (QED) is 0.657. The van der Waals surface area contributed by atoms with Gasteiger partial charge >= 0.3 is 0 Å². The summed E-state index contributed by atoms with van der Waals surface area (Å²) in [4.78, 5) is 14.9. The van der Waals surface area contributed by atoms with Gasteiger partial charge in [0.2, 0.25) is 0 Å². The Morgan fingerprint density at radius 1 is 1.10 bits per heavy atom. The van der Waals surface area contributed by atoms with Gasteiger partial charge in [-0.1, -0.05) is 19.1 Å². The third-order valence-electron chi connectivity index (χ3n) is 5.10. The number of hydrogen-bond donors (Lipinski definition) is 2.